The first-order valence-electron chi connectivity index (χ1n) is 8.90. The number of benzene rings is 1. The van der Waals surface area contributed by atoms with Crippen LogP contribution in [0.2, 0.25) is 0 Å². The van der Waals surface area contributed by atoms with E-state index in [0.717, 1.165) is 0 Å². The van der Waals surface area contributed by atoms with E-state index in [1.807, 2.05) is 52.0 Å². The number of rotatable bonds is 3. The summed E-state index contributed by atoms with van der Waals surface area (Å²) < 4.78 is 11.6. The Morgan fingerprint density at radius 3 is 2.23 bits per heavy atom. The molecule has 1 unspecified atom stereocenters. The Morgan fingerprint density at radius 2 is 1.69 bits per heavy atom. The third kappa shape index (κ3) is 3.87. The lowest BCUT2D eigenvalue weighted by Crippen LogP contribution is -2.41. The zero-order valence-corrected chi connectivity index (χ0v) is 15.7. The molecule has 0 aliphatic carbocycles. The van der Waals surface area contributed by atoms with E-state index in [4.69, 9.17) is 9.47 Å². The Hall–Kier alpha value is -2.82. The summed E-state index contributed by atoms with van der Waals surface area (Å²) in [5, 5.41) is 0. The van der Waals surface area contributed by atoms with Gasteiger partial charge in [0.25, 0.3) is 11.8 Å². The Bertz CT molecular complexity index is 726. The SMILES string of the molecule is CC.C\C=C/C=C1/OCC(CN2C(=O)c3ccccc3C2=O)O/C1=C/C. The Balaban J connectivity index is 0.00000117. The van der Waals surface area contributed by atoms with Gasteiger partial charge in [0.15, 0.2) is 17.6 Å². The molecule has 1 fully saturated rings. The molecule has 3 rings (SSSR count). The maximum Gasteiger partial charge on any atom is 0.261 e. The minimum Gasteiger partial charge on any atom is -0.486 e. The average Bonchev–Trinajstić information content (AvgIpc) is 2.93. The maximum absolute atomic E-state index is 12.4. The summed E-state index contributed by atoms with van der Waals surface area (Å²) in [4.78, 5) is 26.1. The second-order valence-corrected chi connectivity index (χ2v) is 5.53. The molecule has 1 atom stereocenters. The normalized spacial score (nSPS) is 22.2. The van der Waals surface area contributed by atoms with Gasteiger partial charge in [0, 0.05) is 0 Å². The fourth-order valence-corrected chi connectivity index (χ4v) is 2.75. The highest BCUT2D eigenvalue weighted by Crippen LogP contribution is 2.26. The van der Waals surface area contributed by atoms with Gasteiger partial charge in [0.2, 0.25) is 0 Å². The molecule has 0 radical (unpaired) electrons. The summed E-state index contributed by atoms with van der Waals surface area (Å²) in [6.45, 7) is 8.22. The molecule has 2 amide bonds. The lowest BCUT2D eigenvalue weighted by molar-refractivity contribution is -0.0186. The number of ether oxygens (including phenoxy) is 2. The van der Waals surface area contributed by atoms with E-state index in [2.05, 4.69) is 0 Å². The van der Waals surface area contributed by atoms with Gasteiger partial charge in [-0.15, -0.1) is 0 Å². The standard InChI is InChI=1S/C19H19NO4.C2H6/c1-3-5-10-17-16(4-2)24-13(12-23-17)11-20-18(21)14-8-6-7-9-15(14)19(20)22;1-2/h3-10,13H,11-12H2,1-2H3;1-2H3/b5-3-,16-4+,17-10+;. The van der Waals surface area contributed by atoms with Gasteiger partial charge < -0.3 is 9.47 Å². The largest absolute Gasteiger partial charge is 0.486 e. The van der Waals surface area contributed by atoms with E-state index in [-0.39, 0.29) is 31.1 Å². The zero-order chi connectivity index (χ0) is 19.1. The third-order valence-corrected chi connectivity index (χ3v) is 3.93. The predicted octanol–water partition coefficient (Wildman–Crippen LogP) is 4.09. The van der Waals surface area contributed by atoms with Crippen molar-refractivity contribution in [3.8, 4) is 0 Å². The van der Waals surface area contributed by atoms with Crippen LogP contribution in [-0.4, -0.2) is 36.0 Å². The van der Waals surface area contributed by atoms with Crippen molar-refractivity contribution < 1.29 is 19.1 Å². The zero-order valence-electron chi connectivity index (χ0n) is 15.7. The smallest absolute Gasteiger partial charge is 0.261 e. The van der Waals surface area contributed by atoms with Crippen LogP contribution in [0.4, 0.5) is 0 Å². The summed E-state index contributed by atoms with van der Waals surface area (Å²) in [6, 6.07) is 6.85. The molecule has 0 saturated carbocycles. The molecule has 5 heteroatoms. The van der Waals surface area contributed by atoms with Crippen LogP contribution in [-0.2, 0) is 9.47 Å². The minimum absolute atomic E-state index is 0.167. The van der Waals surface area contributed by atoms with Crippen LogP contribution < -0.4 is 0 Å². The molecule has 1 aromatic carbocycles. The van der Waals surface area contributed by atoms with Crippen molar-refractivity contribution in [2.24, 2.45) is 0 Å². The van der Waals surface area contributed by atoms with E-state index >= 15 is 0 Å². The van der Waals surface area contributed by atoms with Crippen molar-refractivity contribution in [3.63, 3.8) is 0 Å². The molecular weight excluding hydrogens is 330 g/mol. The first kappa shape index (κ1) is 19.5. The number of nitrogens with zero attached hydrogens (tertiary/aromatic N) is 1. The quantitative estimate of drug-likeness (QED) is 0.767. The molecule has 5 nitrogen and oxygen atoms in total. The monoisotopic (exact) mass is 355 g/mol. The maximum atomic E-state index is 12.4. The van der Waals surface area contributed by atoms with Crippen LogP contribution in [0.25, 0.3) is 0 Å². The second kappa shape index (κ2) is 9.04. The number of fused-ring (bicyclic) bond motifs is 1. The highest BCUT2D eigenvalue weighted by Gasteiger charge is 2.38. The predicted molar refractivity (Wildman–Crippen MR) is 101 cm³/mol. The van der Waals surface area contributed by atoms with Gasteiger partial charge in [0.05, 0.1) is 17.7 Å². The molecule has 2 aliphatic rings. The van der Waals surface area contributed by atoms with Crippen LogP contribution in [0.5, 0.6) is 0 Å². The van der Waals surface area contributed by atoms with Crippen molar-refractivity contribution in [2.45, 2.75) is 33.8 Å². The number of hydrogen-bond donors (Lipinski definition) is 0. The Labute approximate surface area is 154 Å². The van der Waals surface area contributed by atoms with E-state index < -0.39 is 0 Å². The highest BCUT2D eigenvalue weighted by atomic mass is 16.6. The second-order valence-electron chi connectivity index (χ2n) is 5.53. The first-order valence-corrected chi connectivity index (χ1v) is 8.90. The molecule has 0 bridgehead atoms. The van der Waals surface area contributed by atoms with Gasteiger partial charge >= 0.3 is 0 Å². The summed E-state index contributed by atoms with van der Waals surface area (Å²) in [7, 11) is 0. The molecule has 1 aromatic rings. The van der Waals surface area contributed by atoms with E-state index in [9.17, 15) is 9.59 Å². The molecule has 0 N–H and O–H groups in total. The van der Waals surface area contributed by atoms with Crippen LogP contribution in [0, 0.1) is 0 Å². The van der Waals surface area contributed by atoms with Crippen LogP contribution in [0.15, 0.2) is 60.1 Å². The van der Waals surface area contributed by atoms with Crippen molar-refractivity contribution in [3.05, 3.63) is 71.2 Å². The topological polar surface area (TPSA) is 55.8 Å². The van der Waals surface area contributed by atoms with Crippen molar-refractivity contribution in [2.75, 3.05) is 13.2 Å². The molecular formula is C21H25NO4. The van der Waals surface area contributed by atoms with Crippen LogP contribution in [0.3, 0.4) is 0 Å². The third-order valence-electron chi connectivity index (χ3n) is 3.93. The van der Waals surface area contributed by atoms with E-state index in [0.29, 0.717) is 22.6 Å². The molecule has 2 heterocycles. The van der Waals surface area contributed by atoms with Gasteiger partial charge in [-0.05, 0) is 38.1 Å². The number of imide groups is 1. The van der Waals surface area contributed by atoms with Gasteiger partial charge in [0.1, 0.15) is 6.61 Å². The molecule has 0 aromatic heterocycles. The van der Waals surface area contributed by atoms with Crippen molar-refractivity contribution >= 4 is 11.8 Å². The molecule has 0 spiro atoms. The number of carbonyl (C=O) groups excluding carboxylic acids is 2. The molecule has 138 valence electrons. The average molecular weight is 355 g/mol. The lowest BCUT2D eigenvalue weighted by Gasteiger charge is -2.30. The van der Waals surface area contributed by atoms with Gasteiger partial charge in [-0.25, -0.2) is 0 Å². The van der Waals surface area contributed by atoms with Gasteiger partial charge in [-0.1, -0.05) is 38.1 Å². The van der Waals surface area contributed by atoms with E-state index in [1.54, 1.807) is 24.3 Å². The van der Waals surface area contributed by atoms with Gasteiger partial charge in [-0.2, -0.15) is 0 Å². The number of hydrogen-bond acceptors (Lipinski definition) is 4. The number of allylic oxidation sites excluding steroid dienone is 4. The van der Waals surface area contributed by atoms with Crippen molar-refractivity contribution in [1.29, 1.82) is 0 Å². The fourth-order valence-electron chi connectivity index (χ4n) is 2.75. The summed E-state index contributed by atoms with van der Waals surface area (Å²) in [6.07, 6.45) is 7.01. The molecule has 1 saturated heterocycles. The molecule has 26 heavy (non-hydrogen) atoms. The van der Waals surface area contributed by atoms with Crippen LogP contribution in [0.1, 0.15) is 48.4 Å². The number of amides is 2. The summed E-state index contributed by atoms with van der Waals surface area (Å²) in [5.41, 5.74) is 0.887. The number of carbonyl (C=O) groups is 2. The summed E-state index contributed by atoms with van der Waals surface area (Å²) >= 11 is 0. The Kier molecular flexibility index (Phi) is 6.78. The van der Waals surface area contributed by atoms with E-state index in [1.165, 1.54) is 4.90 Å². The highest BCUT2D eigenvalue weighted by molar-refractivity contribution is 6.21. The molecule has 2 aliphatic heterocycles. The Morgan fingerprint density at radius 1 is 1.08 bits per heavy atom. The fraction of sp³-hybridized carbons (Fsp3) is 0.333. The van der Waals surface area contributed by atoms with Crippen LogP contribution >= 0.6 is 0 Å². The first-order chi connectivity index (χ1) is 12.7. The summed E-state index contributed by atoms with van der Waals surface area (Å²) in [5.74, 6) is 0.697. The lowest BCUT2D eigenvalue weighted by atomic mass is 10.1. The minimum atomic E-state index is -0.388. The van der Waals surface area contributed by atoms with Gasteiger partial charge in [-0.3, -0.25) is 14.5 Å². The van der Waals surface area contributed by atoms with Crippen molar-refractivity contribution in [1.82, 2.24) is 4.90 Å².